The lowest BCUT2D eigenvalue weighted by Crippen LogP contribution is -2.23. The molecule has 1 aromatic heterocycles. The first kappa shape index (κ1) is 19.2. The Bertz CT molecular complexity index is 652. The van der Waals surface area contributed by atoms with Gasteiger partial charge in [0.25, 0.3) is 5.91 Å². The molecule has 25 heavy (non-hydrogen) atoms. The van der Waals surface area contributed by atoms with E-state index in [0.717, 1.165) is 44.1 Å². The number of hydrogen-bond acceptors (Lipinski definition) is 4. The van der Waals surface area contributed by atoms with Gasteiger partial charge < -0.3 is 4.74 Å². The first-order valence-corrected chi connectivity index (χ1v) is 9.40. The zero-order valence-electron chi connectivity index (χ0n) is 15.6. The summed E-state index contributed by atoms with van der Waals surface area (Å²) in [5.41, 5.74) is 0.874. The third-order valence-corrected chi connectivity index (χ3v) is 4.31. The van der Waals surface area contributed by atoms with Gasteiger partial charge in [0.2, 0.25) is 0 Å². The van der Waals surface area contributed by atoms with Crippen molar-refractivity contribution in [1.29, 1.82) is 0 Å². The molecule has 1 unspecified atom stereocenters. The summed E-state index contributed by atoms with van der Waals surface area (Å²) in [6.45, 7) is 6.86. The molecule has 0 fully saturated rings. The Hall–Kier alpha value is -2.17. The average molecular weight is 343 g/mol. The van der Waals surface area contributed by atoms with Gasteiger partial charge >= 0.3 is 6.01 Å². The SMILES string of the molecule is CCCCOc1nc(-c2ccccc2)n(C(=O)C(CC)CCCC)n1. The van der Waals surface area contributed by atoms with Crippen molar-refractivity contribution in [2.45, 2.75) is 59.3 Å². The Morgan fingerprint density at radius 2 is 1.84 bits per heavy atom. The molecule has 0 N–H and O–H groups in total. The number of hydrogen-bond donors (Lipinski definition) is 0. The van der Waals surface area contributed by atoms with Gasteiger partial charge in [0.05, 0.1) is 6.61 Å². The Morgan fingerprint density at radius 1 is 1.12 bits per heavy atom. The fourth-order valence-corrected chi connectivity index (χ4v) is 2.72. The molecule has 0 amide bonds. The molecule has 136 valence electrons. The third kappa shape index (κ3) is 5.15. The van der Waals surface area contributed by atoms with Crippen LogP contribution in [0.3, 0.4) is 0 Å². The van der Waals surface area contributed by atoms with E-state index in [4.69, 9.17) is 4.74 Å². The lowest BCUT2D eigenvalue weighted by Gasteiger charge is -2.13. The Labute approximate surface area is 150 Å². The topological polar surface area (TPSA) is 57.0 Å². The highest BCUT2D eigenvalue weighted by Crippen LogP contribution is 2.23. The van der Waals surface area contributed by atoms with Crippen molar-refractivity contribution in [3.8, 4) is 17.4 Å². The minimum atomic E-state index is -0.0346. The molecule has 0 aliphatic heterocycles. The molecular weight excluding hydrogens is 314 g/mol. The van der Waals surface area contributed by atoms with Crippen LogP contribution >= 0.6 is 0 Å². The van der Waals surface area contributed by atoms with Gasteiger partial charge in [-0.1, -0.05) is 70.4 Å². The van der Waals surface area contributed by atoms with E-state index in [1.54, 1.807) is 0 Å². The summed E-state index contributed by atoms with van der Waals surface area (Å²) in [5.74, 6) is 0.535. The van der Waals surface area contributed by atoms with Gasteiger partial charge in [0, 0.05) is 11.5 Å². The van der Waals surface area contributed by atoms with Crippen LogP contribution in [0, 0.1) is 5.92 Å². The van der Waals surface area contributed by atoms with Gasteiger partial charge in [-0.2, -0.15) is 9.67 Å². The predicted octanol–water partition coefficient (Wildman–Crippen LogP) is 4.98. The van der Waals surface area contributed by atoms with Crippen molar-refractivity contribution in [2.24, 2.45) is 5.92 Å². The van der Waals surface area contributed by atoms with Crippen LogP contribution in [-0.2, 0) is 0 Å². The molecule has 0 bridgehead atoms. The van der Waals surface area contributed by atoms with E-state index < -0.39 is 0 Å². The van der Waals surface area contributed by atoms with E-state index in [1.165, 1.54) is 4.68 Å². The first-order chi connectivity index (χ1) is 12.2. The van der Waals surface area contributed by atoms with Crippen molar-refractivity contribution in [3.63, 3.8) is 0 Å². The molecule has 0 aliphatic carbocycles. The van der Waals surface area contributed by atoms with Crippen LogP contribution in [0.25, 0.3) is 11.4 Å². The number of nitrogens with zero attached hydrogens (tertiary/aromatic N) is 3. The van der Waals surface area contributed by atoms with Crippen LogP contribution in [0.4, 0.5) is 0 Å². The van der Waals surface area contributed by atoms with Gasteiger partial charge in [-0.05, 0) is 19.3 Å². The maximum atomic E-state index is 13.0. The van der Waals surface area contributed by atoms with Crippen LogP contribution in [-0.4, -0.2) is 27.3 Å². The fraction of sp³-hybridized carbons (Fsp3) is 0.550. The van der Waals surface area contributed by atoms with Gasteiger partial charge in [-0.3, -0.25) is 4.79 Å². The van der Waals surface area contributed by atoms with E-state index in [2.05, 4.69) is 30.9 Å². The number of aromatic nitrogens is 3. The molecule has 2 rings (SSSR count). The minimum Gasteiger partial charge on any atom is -0.462 e. The summed E-state index contributed by atoms with van der Waals surface area (Å²) < 4.78 is 7.08. The summed E-state index contributed by atoms with van der Waals surface area (Å²) >= 11 is 0. The number of unbranched alkanes of at least 4 members (excludes halogenated alkanes) is 2. The van der Waals surface area contributed by atoms with Crippen molar-refractivity contribution in [3.05, 3.63) is 30.3 Å². The van der Waals surface area contributed by atoms with Crippen molar-refractivity contribution in [1.82, 2.24) is 14.8 Å². The lowest BCUT2D eigenvalue weighted by atomic mass is 9.98. The second-order valence-electron chi connectivity index (χ2n) is 6.28. The molecule has 0 saturated heterocycles. The van der Waals surface area contributed by atoms with E-state index in [1.807, 2.05) is 30.3 Å². The molecule has 5 heteroatoms. The lowest BCUT2D eigenvalue weighted by molar-refractivity contribution is 0.0804. The maximum absolute atomic E-state index is 13.0. The van der Waals surface area contributed by atoms with Gasteiger partial charge in [-0.25, -0.2) is 0 Å². The second kappa shape index (κ2) is 9.97. The molecular formula is C20H29N3O2. The zero-order chi connectivity index (χ0) is 18.1. The summed E-state index contributed by atoms with van der Waals surface area (Å²) in [5, 5.41) is 4.37. The van der Waals surface area contributed by atoms with Gasteiger partial charge in [0.15, 0.2) is 5.82 Å². The Kier molecular flexibility index (Phi) is 7.64. The molecule has 0 saturated carbocycles. The van der Waals surface area contributed by atoms with E-state index in [9.17, 15) is 4.79 Å². The van der Waals surface area contributed by atoms with Crippen LogP contribution in [0.15, 0.2) is 30.3 Å². The van der Waals surface area contributed by atoms with Crippen LogP contribution in [0.5, 0.6) is 6.01 Å². The average Bonchev–Trinajstić information content (AvgIpc) is 3.07. The molecule has 1 aromatic carbocycles. The maximum Gasteiger partial charge on any atom is 0.336 e. The van der Waals surface area contributed by atoms with E-state index in [-0.39, 0.29) is 17.8 Å². The van der Waals surface area contributed by atoms with Crippen LogP contribution in [0.2, 0.25) is 0 Å². The highest BCUT2D eigenvalue weighted by molar-refractivity contribution is 5.84. The van der Waals surface area contributed by atoms with Gasteiger partial charge in [-0.15, -0.1) is 5.10 Å². The quantitative estimate of drug-likeness (QED) is 0.571. The minimum absolute atomic E-state index is 0.00708. The molecule has 0 spiro atoms. The summed E-state index contributed by atoms with van der Waals surface area (Å²) in [4.78, 5) is 17.5. The molecule has 1 atom stereocenters. The summed E-state index contributed by atoms with van der Waals surface area (Å²) in [6.07, 6.45) is 5.79. The van der Waals surface area contributed by atoms with Crippen LogP contribution in [0.1, 0.15) is 64.1 Å². The Balaban J connectivity index is 2.31. The van der Waals surface area contributed by atoms with Crippen molar-refractivity contribution in [2.75, 3.05) is 6.61 Å². The predicted molar refractivity (Wildman–Crippen MR) is 99.8 cm³/mol. The standard InChI is InChI=1S/C20H29N3O2/c1-4-7-12-16(6-3)19(24)23-18(17-13-10-9-11-14-17)21-20(22-23)25-15-8-5-2/h9-11,13-14,16H,4-8,12,15H2,1-3H3. The molecule has 0 radical (unpaired) electrons. The van der Waals surface area contributed by atoms with Crippen LogP contribution < -0.4 is 4.74 Å². The number of benzene rings is 1. The van der Waals surface area contributed by atoms with Crippen molar-refractivity contribution < 1.29 is 9.53 Å². The monoisotopic (exact) mass is 343 g/mol. The largest absolute Gasteiger partial charge is 0.462 e. The third-order valence-electron chi connectivity index (χ3n) is 4.31. The number of rotatable bonds is 10. The molecule has 2 aromatic rings. The van der Waals surface area contributed by atoms with Crippen molar-refractivity contribution >= 4 is 5.91 Å². The van der Waals surface area contributed by atoms with E-state index in [0.29, 0.717) is 12.4 Å². The first-order valence-electron chi connectivity index (χ1n) is 9.40. The highest BCUT2D eigenvalue weighted by atomic mass is 16.5. The highest BCUT2D eigenvalue weighted by Gasteiger charge is 2.24. The second-order valence-corrected chi connectivity index (χ2v) is 6.28. The fourth-order valence-electron chi connectivity index (χ4n) is 2.72. The summed E-state index contributed by atoms with van der Waals surface area (Å²) in [6, 6.07) is 9.98. The number of ether oxygens (including phenoxy) is 1. The Morgan fingerprint density at radius 3 is 2.48 bits per heavy atom. The molecule has 0 aliphatic rings. The van der Waals surface area contributed by atoms with E-state index >= 15 is 0 Å². The molecule has 5 nitrogen and oxygen atoms in total. The number of carbonyl (C=O) groups is 1. The smallest absolute Gasteiger partial charge is 0.336 e. The number of carbonyl (C=O) groups excluding carboxylic acids is 1. The zero-order valence-corrected chi connectivity index (χ0v) is 15.6. The normalized spacial score (nSPS) is 12.1. The summed E-state index contributed by atoms with van der Waals surface area (Å²) in [7, 11) is 0. The molecule has 1 heterocycles. The van der Waals surface area contributed by atoms with Gasteiger partial charge in [0.1, 0.15) is 0 Å².